The Morgan fingerprint density at radius 2 is 1.75 bits per heavy atom. The fourth-order valence-corrected chi connectivity index (χ4v) is 4.31. The number of hydrogen-bond acceptors (Lipinski definition) is 6. The van der Waals surface area contributed by atoms with Crippen molar-refractivity contribution in [2.75, 3.05) is 5.32 Å². The lowest BCUT2D eigenvalue weighted by Gasteiger charge is -2.42. The fraction of sp³-hybridized carbons (Fsp3) is 0.583. The standard InChI is InChI=1S/C12H23N5OSi2/c1-19(2,3)17-12(18-20(4,5)6)15-9-10-11(16-12)14-8-7-13-10/h7-9,17H,1-6H3,(H,14,16). The van der Waals surface area contributed by atoms with Crippen molar-refractivity contribution >= 4 is 28.6 Å². The van der Waals surface area contributed by atoms with E-state index in [1.54, 1.807) is 18.6 Å². The van der Waals surface area contributed by atoms with Gasteiger partial charge in [0.15, 0.2) is 14.1 Å². The summed E-state index contributed by atoms with van der Waals surface area (Å²) in [6.07, 6.45) is 5.05. The molecule has 1 aromatic heterocycles. The van der Waals surface area contributed by atoms with Crippen LogP contribution in [0.5, 0.6) is 0 Å². The van der Waals surface area contributed by atoms with E-state index in [-0.39, 0.29) is 0 Å². The molecule has 110 valence electrons. The molecule has 0 aromatic carbocycles. The van der Waals surface area contributed by atoms with Gasteiger partial charge in [-0.05, 0) is 19.6 Å². The molecule has 0 fully saturated rings. The topological polar surface area (TPSA) is 71.4 Å². The van der Waals surface area contributed by atoms with E-state index in [0.29, 0.717) is 5.82 Å². The summed E-state index contributed by atoms with van der Waals surface area (Å²) in [6, 6.07) is 0. The van der Waals surface area contributed by atoms with Crippen LogP contribution in [-0.4, -0.2) is 38.7 Å². The maximum atomic E-state index is 6.28. The van der Waals surface area contributed by atoms with Gasteiger partial charge in [-0.3, -0.25) is 4.98 Å². The number of rotatable bonds is 4. The van der Waals surface area contributed by atoms with Crippen molar-refractivity contribution in [1.29, 1.82) is 0 Å². The van der Waals surface area contributed by atoms with Gasteiger partial charge in [0, 0.05) is 12.4 Å². The predicted octanol–water partition coefficient (Wildman–Crippen LogP) is 2.21. The first kappa shape index (κ1) is 15.3. The minimum Gasteiger partial charge on any atom is -0.367 e. The molecule has 0 amide bonds. The van der Waals surface area contributed by atoms with E-state index in [1.807, 2.05) is 0 Å². The number of anilines is 1. The Balaban J connectivity index is 2.36. The van der Waals surface area contributed by atoms with E-state index in [9.17, 15) is 0 Å². The number of nitrogens with zero attached hydrogens (tertiary/aromatic N) is 3. The van der Waals surface area contributed by atoms with Gasteiger partial charge in [-0.1, -0.05) is 19.6 Å². The average molecular weight is 310 g/mol. The molecule has 1 aliphatic rings. The molecule has 0 saturated heterocycles. The highest BCUT2D eigenvalue weighted by molar-refractivity contribution is 6.74. The van der Waals surface area contributed by atoms with Gasteiger partial charge in [0.25, 0.3) is 5.97 Å². The van der Waals surface area contributed by atoms with Crippen molar-refractivity contribution in [3.8, 4) is 0 Å². The van der Waals surface area contributed by atoms with Gasteiger partial charge in [-0.15, -0.1) is 0 Å². The molecular weight excluding hydrogens is 286 g/mol. The molecule has 1 unspecified atom stereocenters. The molecule has 2 N–H and O–H groups in total. The van der Waals surface area contributed by atoms with Gasteiger partial charge in [-0.2, -0.15) is 0 Å². The third-order valence-electron chi connectivity index (χ3n) is 2.38. The Kier molecular flexibility index (Phi) is 3.84. The molecule has 1 atom stereocenters. The van der Waals surface area contributed by atoms with E-state index in [1.165, 1.54) is 0 Å². The second-order valence-corrected chi connectivity index (χ2v) is 16.1. The normalized spacial score (nSPS) is 22.3. The Hall–Kier alpha value is -1.10. The molecule has 2 heterocycles. The Morgan fingerprint density at radius 3 is 2.35 bits per heavy atom. The van der Waals surface area contributed by atoms with Crippen molar-refractivity contribution in [3.63, 3.8) is 0 Å². The summed E-state index contributed by atoms with van der Waals surface area (Å²) in [7, 11) is -3.42. The molecule has 0 aliphatic carbocycles. The Bertz CT molecular complexity index is 505. The number of hydrogen-bond donors (Lipinski definition) is 2. The van der Waals surface area contributed by atoms with Crippen LogP contribution in [0.15, 0.2) is 17.4 Å². The smallest absolute Gasteiger partial charge is 0.285 e. The van der Waals surface area contributed by atoms with E-state index in [2.05, 4.69) is 64.5 Å². The van der Waals surface area contributed by atoms with Crippen LogP contribution < -0.4 is 10.3 Å². The Morgan fingerprint density at radius 1 is 1.10 bits per heavy atom. The number of aromatic nitrogens is 2. The molecular formula is C12H23N5OSi2. The first-order chi connectivity index (χ1) is 9.09. The summed E-state index contributed by atoms with van der Waals surface area (Å²) < 4.78 is 6.28. The van der Waals surface area contributed by atoms with E-state index < -0.39 is 22.5 Å². The van der Waals surface area contributed by atoms with Crippen LogP contribution in [0.25, 0.3) is 0 Å². The molecule has 8 heteroatoms. The van der Waals surface area contributed by atoms with Crippen molar-refractivity contribution in [3.05, 3.63) is 18.1 Å². The van der Waals surface area contributed by atoms with Crippen molar-refractivity contribution in [2.24, 2.45) is 4.99 Å². The number of nitrogens with one attached hydrogen (secondary N) is 2. The second kappa shape index (κ2) is 5.03. The van der Waals surface area contributed by atoms with Crippen LogP contribution in [0.3, 0.4) is 0 Å². The summed E-state index contributed by atoms with van der Waals surface area (Å²) in [5, 5.41) is 3.29. The van der Waals surface area contributed by atoms with Crippen LogP contribution in [0, 0.1) is 0 Å². The second-order valence-electron chi connectivity index (χ2n) is 6.91. The summed E-state index contributed by atoms with van der Waals surface area (Å²) in [4.78, 5) is 16.7. The SMILES string of the molecule is C[Si](C)(C)NC1(O[Si](C)(C)C)N=Cc2nccnc2N1. The van der Waals surface area contributed by atoms with Gasteiger partial charge in [0.05, 0.1) is 6.21 Å². The maximum Gasteiger partial charge on any atom is 0.285 e. The molecule has 2 rings (SSSR count). The summed E-state index contributed by atoms with van der Waals surface area (Å²) in [5.74, 6) is -0.218. The van der Waals surface area contributed by atoms with Gasteiger partial charge in [0.2, 0.25) is 0 Å². The first-order valence-corrected chi connectivity index (χ1v) is 13.6. The summed E-state index contributed by atoms with van der Waals surface area (Å²) >= 11 is 0. The molecule has 1 aromatic rings. The van der Waals surface area contributed by atoms with Gasteiger partial charge in [0.1, 0.15) is 13.9 Å². The zero-order valence-corrected chi connectivity index (χ0v) is 15.0. The zero-order valence-electron chi connectivity index (χ0n) is 13.0. The fourth-order valence-electron chi connectivity index (χ4n) is 1.98. The average Bonchev–Trinajstić information content (AvgIpc) is 2.23. The highest BCUT2D eigenvalue weighted by Gasteiger charge is 2.41. The van der Waals surface area contributed by atoms with E-state index >= 15 is 0 Å². The van der Waals surface area contributed by atoms with Crippen LogP contribution in [-0.2, 0) is 4.43 Å². The van der Waals surface area contributed by atoms with Crippen LogP contribution >= 0.6 is 0 Å². The molecule has 0 saturated carbocycles. The summed E-state index contributed by atoms with van der Waals surface area (Å²) in [5.41, 5.74) is 0.736. The molecule has 1 aliphatic heterocycles. The molecule has 0 bridgehead atoms. The quantitative estimate of drug-likeness (QED) is 0.659. The molecule has 20 heavy (non-hydrogen) atoms. The maximum absolute atomic E-state index is 6.28. The van der Waals surface area contributed by atoms with Crippen LogP contribution in [0.2, 0.25) is 39.3 Å². The van der Waals surface area contributed by atoms with Gasteiger partial charge >= 0.3 is 0 Å². The van der Waals surface area contributed by atoms with Crippen molar-refractivity contribution in [1.82, 2.24) is 15.0 Å². The number of fused-ring (bicyclic) bond motifs is 1. The highest BCUT2D eigenvalue weighted by atomic mass is 28.4. The monoisotopic (exact) mass is 309 g/mol. The first-order valence-electron chi connectivity index (χ1n) is 6.73. The highest BCUT2D eigenvalue weighted by Crippen LogP contribution is 2.25. The lowest BCUT2D eigenvalue weighted by atomic mass is 10.4. The largest absolute Gasteiger partial charge is 0.367 e. The summed E-state index contributed by atoms with van der Waals surface area (Å²) in [6.45, 7) is 13.1. The molecule has 0 radical (unpaired) electrons. The molecule has 6 nitrogen and oxygen atoms in total. The van der Waals surface area contributed by atoms with Gasteiger partial charge < -0.3 is 9.74 Å². The van der Waals surface area contributed by atoms with Crippen molar-refractivity contribution in [2.45, 2.75) is 45.3 Å². The minimum atomic E-state index is -1.80. The lowest BCUT2D eigenvalue weighted by Crippen LogP contribution is -2.65. The van der Waals surface area contributed by atoms with E-state index in [0.717, 1.165) is 5.69 Å². The van der Waals surface area contributed by atoms with Gasteiger partial charge in [-0.25, -0.2) is 15.0 Å². The van der Waals surface area contributed by atoms with Crippen molar-refractivity contribution < 1.29 is 4.43 Å². The number of aliphatic imine (C=N–C) groups is 1. The van der Waals surface area contributed by atoms with E-state index in [4.69, 9.17) is 4.43 Å². The third kappa shape index (κ3) is 3.95. The molecule has 0 spiro atoms. The Labute approximate surface area is 122 Å². The third-order valence-corrected chi connectivity index (χ3v) is 4.38. The lowest BCUT2D eigenvalue weighted by molar-refractivity contribution is 0.0845. The van der Waals surface area contributed by atoms with Crippen LogP contribution in [0.4, 0.5) is 5.82 Å². The minimum absolute atomic E-state index is 0.700. The predicted molar refractivity (Wildman–Crippen MR) is 86.9 cm³/mol. The zero-order chi connectivity index (χ0) is 15.0. The van der Waals surface area contributed by atoms with Crippen LogP contribution in [0.1, 0.15) is 5.69 Å².